The number of hydrogen-bond donors (Lipinski definition) is 2. The van der Waals surface area contributed by atoms with Crippen LogP contribution in [0.4, 0.5) is 22.4 Å². The van der Waals surface area contributed by atoms with Crippen molar-refractivity contribution in [1.29, 1.82) is 5.26 Å². The topological polar surface area (TPSA) is 162 Å². The van der Waals surface area contributed by atoms with Gasteiger partial charge >= 0.3 is 12.3 Å². The van der Waals surface area contributed by atoms with Gasteiger partial charge < -0.3 is 24.4 Å². The Morgan fingerprint density at radius 1 is 1.20 bits per heavy atom. The fourth-order valence-electron chi connectivity index (χ4n) is 6.01. The monoisotopic (exact) mass is 765 g/mol. The van der Waals surface area contributed by atoms with Gasteiger partial charge in [-0.3, -0.25) is 15.1 Å². The number of pyridine rings is 1. The molecule has 0 radical (unpaired) electrons. The molecular formula is C31H33Cl2F4N5O7S. The van der Waals surface area contributed by atoms with Crippen molar-refractivity contribution < 1.29 is 50.1 Å². The van der Waals surface area contributed by atoms with Gasteiger partial charge in [-0.05, 0) is 58.2 Å². The maximum Gasteiger partial charge on any atom is 0.422 e. The van der Waals surface area contributed by atoms with E-state index in [-0.39, 0.29) is 22.9 Å². The van der Waals surface area contributed by atoms with E-state index in [4.69, 9.17) is 27.9 Å². The van der Waals surface area contributed by atoms with E-state index in [1.807, 2.05) is 0 Å². The van der Waals surface area contributed by atoms with Crippen LogP contribution < -0.4 is 10.1 Å². The molecule has 3 aliphatic rings. The summed E-state index contributed by atoms with van der Waals surface area (Å²) in [6.45, 7) is 1.90. The maximum absolute atomic E-state index is 15.5. The summed E-state index contributed by atoms with van der Waals surface area (Å²) in [6.07, 6.45) is -5.57. The van der Waals surface area contributed by atoms with Crippen LogP contribution in [0.5, 0.6) is 5.75 Å². The van der Waals surface area contributed by atoms with Crippen molar-refractivity contribution in [2.45, 2.75) is 85.2 Å². The number of aliphatic hydroxyl groups is 1. The highest BCUT2D eigenvalue weighted by Gasteiger charge is 2.60. The molecule has 0 spiro atoms. The lowest BCUT2D eigenvalue weighted by atomic mass is 9.74. The van der Waals surface area contributed by atoms with Gasteiger partial charge in [-0.25, -0.2) is 17.6 Å². The van der Waals surface area contributed by atoms with Crippen LogP contribution in [0.2, 0.25) is 10.0 Å². The number of rotatable bonds is 9. The van der Waals surface area contributed by atoms with E-state index in [0.29, 0.717) is 12.8 Å². The normalized spacial score (nSPS) is 21.9. The predicted octanol–water partition coefficient (Wildman–Crippen LogP) is 4.36. The number of nitrogens with zero attached hydrogens (tertiary/aromatic N) is 4. The van der Waals surface area contributed by atoms with Crippen molar-refractivity contribution in [3.8, 4) is 11.8 Å². The van der Waals surface area contributed by atoms with E-state index < -0.39 is 104 Å². The smallest absolute Gasteiger partial charge is 0.422 e. The minimum atomic E-state index is -4.66. The number of amides is 2. The second kappa shape index (κ2) is 13.3. The summed E-state index contributed by atoms with van der Waals surface area (Å²) in [5.41, 5.74) is -4.23. The molecule has 3 heterocycles. The number of carbonyl (C=O) groups excluding carboxylic acids is 2. The molecular weight excluding hydrogens is 733 g/mol. The molecule has 0 bridgehead atoms. The number of alkyl halides is 3. The SMILES string of the molecule is CC(C)(C)OC(=O)N1CC(C(=O)N2C[C@H](S(=O)(=O)c3ccc(OCC(F)(F)F)cc3Cl)C[C@H]2C(O)NC2(C#N)CC2)(c2ncc(Cl)cc2F)C1. The number of aromatic nitrogens is 1. The Morgan fingerprint density at radius 2 is 1.86 bits per heavy atom. The first-order valence-corrected chi connectivity index (χ1v) is 17.6. The number of hydrogen-bond acceptors (Lipinski definition) is 10. The maximum atomic E-state index is 15.5. The first kappa shape index (κ1) is 37.8. The summed E-state index contributed by atoms with van der Waals surface area (Å²) in [5, 5.41) is 21.8. The molecule has 1 aromatic heterocycles. The zero-order valence-corrected chi connectivity index (χ0v) is 29.3. The van der Waals surface area contributed by atoms with E-state index in [0.717, 1.165) is 40.3 Å². The van der Waals surface area contributed by atoms with Crippen LogP contribution in [0.15, 0.2) is 35.4 Å². The molecule has 1 saturated carbocycles. The molecule has 3 fully saturated rings. The van der Waals surface area contributed by atoms with Gasteiger partial charge in [-0.1, -0.05) is 23.2 Å². The third-order valence-corrected chi connectivity index (χ3v) is 11.4. The molecule has 2 amide bonds. The molecule has 2 saturated heterocycles. The molecule has 1 aliphatic carbocycles. The molecule has 12 nitrogen and oxygen atoms in total. The van der Waals surface area contributed by atoms with Crippen LogP contribution in [-0.4, -0.2) is 101 Å². The Morgan fingerprint density at radius 3 is 2.40 bits per heavy atom. The largest absolute Gasteiger partial charge is 0.484 e. The first-order valence-electron chi connectivity index (χ1n) is 15.3. The average Bonchev–Trinajstić information content (AvgIpc) is 3.59. The van der Waals surface area contributed by atoms with Crippen molar-refractivity contribution in [1.82, 2.24) is 20.1 Å². The Labute approximate surface area is 295 Å². The molecule has 2 aromatic rings. The van der Waals surface area contributed by atoms with Crippen molar-refractivity contribution in [2.75, 3.05) is 26.2 Å². The van der Waals surface area contributed by atoms with Gasteiger partial charge in [0.25, 0.3) is 0 Å². The summed E-state index contributed by atoms with van der Waals surface area (Å²) in [6, 6.07) is 4.60. The van der Waals surface area contributed by atoms with Crippen LogP contribution in [0.1, 0.15) is 45.7 Å². The number of aliphatic hydroxyl groups excluding tert-OH is 1. The van der Waals surface area contributed by atoms with Crippen molar-refractivity contribution in [2.24, 2.45) is 0 Å². The molecule has 19 heteroatoms. The van der Waals surface area contributed by atoms with Gasteiger partial charge in [0.05, 0.1) is 38.0 Å². The zero-order chi connectivity index (χ0) is 37.0. The van der Waals surface area contributed by atoms with E-state index in [9.17, 15) is 41.5 Å². The van der Waals surface area contributed by atoms with E-state index >= 15 is 4.39 Å². The highest BCUT2D eigenvalue weighted by atomic mass is 35.5. The summed E-state index contributed by atoms with van der Waals surface area (Å²) in [5.74, 6) is -2.16. The lowest BCUT2D eigenvalue weighted by Crippen LogP contribution is -2.70. The first-order chi connectivity index (χ1) is 23.1. The van der Waals surface area contributed by atoms with Crippen LogP contribution in [0, 0.1) is 17.1 Å². The summed E-state index contributed by atoms with van der Waals surface area (Å²) in [4.78, 5) is 33.4. The van der Waals surface area contributed by atoms with E-state index in [2.05, 4.69) is 21.1 Å². The van der Waals surface area contributed by atoms with Gasteiger partial charge in [0.1, 0.15) is 34.3 Å². The molecule has 3 atom stereocenters. The number of sulfone groups is 1. The summed E-state index contributed by atoms with van der Waals surface area (Å²) < 4.78 is 91.5. The number of likely N-dealkylation sites (tertiary alicyclic amines) is 2. The Bertz CT molecular complexity index is 1830. The number of benzene rings is 1. The number of nitrogens with one attached hydrogen (secondary N) is 1. The number of ether oxygens (including phenoxy) is 2. The zero-order valence-electron chi connectivity index (χ0n) is 26.9. The van der Waals surface area contributed by atoms with E-state index in [1.54, 1.807) is 20.8 Å². The quantitative estimate of drug-likeness (QED) is 0.277. The standard InChI is InChI=1S/C31H33Cl2F4N5O7S/c1-28(2,3)49-27(45)41-14-30(15-41,24-21(34)8-17(32)11-39-24)26(44)42-12-19(10-22(42)25(43)40-29(13-38)6-7-29)50(46,47)23-5-4-18(9-20(23)33)48-16-31(35,36)37/h4-5,8-9,11,19,22,25,40,43H,6-7,10,12,14-16H2,1-3H3/t19-,22+,25?/m1/s1. The fourth-order valence-corrected chi connectivity index (χ4v) is 8.40. The van der Waals surface area contributed by atoms with Gasteiger partial charge in [-0.15, -0.1) is 0 Å². The van der Waals surface area contributed by atoms with Gasteiger partial charge in [0.2, 0.25) is 5.91 Å². The number of halogens is 6. The fraction of sp³-hybridized carbons (Fsp3) is 0.548. The molecule has 1 unspecified atom stereocenters. The molecule has 1 aromatic carbocycles. The Hall–Kier alpha value is -3.43. The molecule has 2 N–H and O–H groups in total. The van der Waals surface area contributed by atoms with E-state index in [1.165, 1.54) is 0 Å². The Balaban J connectivity index is 1.50. The minimum absolute atomic E-state index is 0.0695. The van der Waals surface area contributed by atoms with Crippen LogP contribution in [0.25, 0.3) is 0 Å². The van der Waals surface area contributed by atoms with Gasteiger partial charge in [0.15, 0.2) is 16.4 Å². The van der Waals surface area contributed by atoms with Crippen molar-refractivity contribution >= 4 is 45.0 Å². The Kier molecular flexibility index (Phi) is 10.0. The van der Waals surface area contributed by atoms with Crippen LogP contribution in [0.3, 0.4) is 0 Å². The number of carbonyl (C=O) groups is 2. The van der Waals surface area contributed by atoms with Gasteiger partial charge in [-0.2, -0.15) is 18.4 Å². The second-order valence-electron chi connectivity index (χ2n) is 13.6. The molecule has 272 valence electrons. The van der Waals surface area contributed by atoms with Gasteiger partial charge in [0, 0.05) is 31.9 Å². The van der Waals surface area contributed by atoms with Crippen LogP contribution >= 0.6 is 23.2 Å². The van der Waals surface area contributed by atoms with Crippen molar-refractivity contribution in [3.05, 3.63) is 52.0 Å². The average molecular weight is 767 g/mol. The number of nitriles is 1. The lowest BCUT2D eigenvalue weighted by molar-refractivity contribution is -0.153. The predicted molar refractivity (Wildman–Crippen MR) is 170 cm³/mol. The molecule has 5 rings (SSSR count). The highest BCUT2D eigenvalue weighted by molar-refractivity contribution is 7.92. The highest BCUT2D eigenvalue weighted by Crippen LogP contribution is 2.43. The summed E-state index contributed by atoms with van der Waals surface area (Å²) >= 11 is 12.2. The summed E-state index contributed by atoms with van der Waals surface area (Å²) in [7, 11) is -4.45. The van der Waals surface area contributed by atoms with Crippen molar-refractivity contribution in [3.63, 3.8) is 0 Å². The lowest BCUT2D eigenvalue weighted by Gasteiger charge is -2.50. The minimum Gasteiger partial charge on any atom is -0.484 e. The molecule has 2 aliphatic heterocycles. The molecule has 50 heavy (non-hydrogen) atoms. The van der Waals surface area contributed by atoms with Crippen LogP contribution in [-0.2, 0) is 24.8 Å². The second-order valence-corrected chi connectivity index (χ2v) is 16.6. The third-order valence-electron chi connectivity index (χ3n) is 8.61. The third kappa shape index (κ3) is 7.74.